The lowest BCUT2D eigenvalue weighted by atomic mass is 9.95. The third-order valence-electron chi connectivity index (χ3n) is 5.87. The Kier molecular flexibility index (Phi) is 6.32. The highest BCUT2D eigenvalue weighted by atomic mass is 35.5. The van der Waals surface area contributed by atoms with E-state index in [1.165, 1.54) is 17.4 Å². The van der Waals surface area contributed by atoms with Gasteiger partial charge in [-0.15, -0.1) is 11.3 Å². The lowest BCUT2D eigenvalue weighted by Gasteiger charge is -2.11. The standard InChI is InChI=1S/C26H21ClN2O5S/c27-15-7-5-14(6-8-15)21-12-19(30)18-11-16(9-10-20(18)34-21)33-13-23(31)29-26-24(25(28)32)17-3-1-2-4-22(17)35-26/h5-12H,1-4,13H2,(H2,28,32)(H,29,31). The number of primary amides is 1. The van der Waals surface area contributed by atoms with Crippen molar-refractivity contribution in [2.75, 3.05) is 11.9 Å². The fourth-order valence-electron chi connectivity index (χ4n) is 4.21. The molecule has 0 spiro atoms. The average Bonchev–Trinajstić information content (AvgIpc) is 3.21. The molecular formula is C26H21ClN2O5S. The van der Waals surface area contributed by atoms with Gasteiger partial charge in [-0.3, -0.25) is 14.4 Å². The predicted octanol–water partition coefficient (Wildman–Crippen LogP) is 5.17. The minimum Gasteiger partial charge on any atom is -0.484 e. The van der Waals surface area contributed by atoms with E-state index in [2.05, 4.69) is 5.32 Å². The fourth-order valence-corrected chi connectivity index (χ4v) is 5.64. The summed E-state index contributed by atoms with van der Waals surface area (Å²) in [5.74, 6) is -0.188. The molecule has 0 unspecified atom stereocenters. The smallest absolute Gasteiger partial charge is 0.262 e. The van der Waals surface area contributed by atoms with E-state index in [-0.39, 0.29) is 12.0 Å². The number of thiophene rings is 1. The third kappa shape index (κ3) is 4.80. The van der Waals surface area contributed by atoms with Crippen LogP contribution in [0.25, 0.3) is 22.3 Å². The summed E-state index contributed by atoms with van der Waals surface area (Å²) in [6.45, 7) is -0.291. The van der Waals surface area contributed by atoms with Crippen LogP contribution in [0.4, 0.5) is 5.00 Å². The Hall–Kier alpha value is -3.62. The molecule has 4 aromatic rings. The van der Waals surface area contributed by atoms with Gasteiger partial charge in [0.1, 0.15) is 22.1 Å². The zero-order valence-electron chi connectivity index (χ0n) is 18.6. The highest BCUT2D eigenvalue weighted by Crippen LogP contribution is 2.38. The van der Waals surface area contributed by atoms with Crippen molar-refractivity contribution in [3.05, 3.63) is 79.8 Å². The number of fused-ring (bicyclic) bond motifs is 2. The number of nitrogens with two attached hydrogens (primary N) is 1. The van der Waals surface area contributed by atoms with Crippen molar-refractivity contribution in [2.24, 2.45) is 5.73 Å². The second-order valence-electron chi connectivity index (χ2n) is 8.26. The third-order valence-corrected chi connectivity index (χ3v) is 7.33. The molecular weight excluding hydrogens is 488 g/mol. The molecule has 0 aliphatic heterocycles. The van der Waals surface area contributed by atoms with Crippen molar-refractivity contribution in [1.29, 1.82) is 0 Å². The Bertz CT molecular complexity index is 1510. The number of aryl methyl sites for hydroxylation is 1. The molecule has 0 radical (unpaired) electrons. The Labute approximate surface area is 209 Å². The van der Waals surface area contributed by atoms with Gasteiger partial charge in [0.25, 0.3) is 11.8 Å². The molecule has 0 saturated carbocycles. The van der Waals surface area contributed by atoms with E-state index in [0.717, 1.165) is 41.7 Å². The number of carbonyl (C=O) groups excluding carboxylic acids is 2. The maximum Gasteiger partial charge on any atom is 0.262 e. The molecule has 3 N–H and O–H groups in total. The molecule has 7 nitrogen and oxygen atoms in total. The van der Waals surface area contributed by atoms with E-state index < -0.39 is 11.8 Å². The van der Waals surface area contributed by atoms with Crippen LogP contribution in [-0.4, -0.2) is 18.4 Å². The van der Waals surface area contributed by atoms with Crippen molar-refractivity contribution >= 4 is 50.7 Å². The Morgan fingerprint density at radius 3 is 2.63 bits per heavy atom. The molecule has 2 amide bonds. The summed E-state index contributed by atoms with van der Waals surface area (Å²) in [6, 6.07) is 13.2. The summed E-state index contributed by atoms with van der Waals surface area (Å²) in [7, 11) is 0. The van der Waals surface area contributed by atoms with Crippen LogP contribution in [0, 0.1) is 0 Å². The van der Waals surface area contributed by atoms with Crippen molar-refractivity contribution < 1.29 is 18.7 Å². The number of hydrogen-bond acceptors (Lipinski definition) is 6. The van der Waals surface area contributed by atoms with E-state index in [9.17, 15) is 14.4 Å². The molecule has 1 aliphatic rings. The lowest BCUT2D eigenvalue weighted by molar-refractivity contribution is -0.118. The Morgan fingerprint density at radius 2 is 1.86 bits per heavy atom. The number of carbonyl (C=O) groups is 2. The van der Waals surface area contributed by atoms with E-state index in [1.807, 2.05) is 0 Å². The van der Waals surface area contributed by atoms with E-state index >= 15 is 0 Å². The van der Waals surface area contributed by atoms with Crippen LogP contribution in [0.1, 0.15) is 33.6 Å². The molecule has 0 atom stereocenters. The van der Waals surface area contributed by atoms with Crippen LogP contribution in [0.5, 0.6) is 5.75 Å². The SMILES string of the molecule is NC(=O)c1c(NC(=O)COc2ccc3oc(-c4ccc(Cl)cc4)cc(=O)c3c2)sc2c1CCCC2. The number of halogens is 1. The first kappa shape index (κ1) is 23.1. The van der Waals surface area contributed by atoms with Gasteiger partial charge in [0.2, 0.25) is 0 Å². The van der Waals surface area contributed by atoms with Gasteiger partial charge in [-0.05, 0) is 73.7 Å². The van der Waals surface area contributed by atoms with Crippen LogP contribution in [0.15, 0.2) is 57.7 Å². The summed E-state index contributed by atoms with van der Waals surface area (Å²) in [5, 5.41) is 4.15. The van der Waals surface area contributed by atoms with E-state index in [4.69, 9.17) is 26.5 Å². The van der Waals surface area contributed by atoms with Crippen molar-refractivity contribution in [2.45, 2.75) is 25.7 Å². The molecule has 1 aliphatic carbocycles. The van der Waals surface area contributed by atoms with Crippen LogP contribution in [0.2, 0.25) is 5.02 Å². The fraction of sp³-hybridized carbons (Fsp3) is 0.192. The quantitative estimate of drug-likeness (QED) is 0.373. The number of nitrogens with one attached hydrogen (secondary N) is 1. The molecule has 178 valence electrons. The summed E-state index contributed by atoms with van der Waals surface area (Å²) >= 11 is 7.33. The minimum absolute atomic E-state index is 0.235. The van der Waals surface area contributed by atoms with Gasteiger partial charge < -0.3 is 20.2 Å². The molecule has 2 heterocycles. The van der Waals surface area contributed by atoms with Gasteiger partial charge in [0, 0.05) is 21.5 Å². The maximum atomic E-state index is 12.7. The molecule has 2 aromatic carbocycles. The van der Waals surface area contributed by atoms with Crippen LogP contribution in [-0.2, 0) is 17.6 Å². The predicted molar refractivity (Wildman–Crippen MR) is 137 cm³/mol. The maximum absolute atomic E-state index is 12.7. The Morgan fingerprint density at radius 1 is 1.09 bits per heavy atom. The molecule has 9 heteroatoms. The highest BCUT2D eigenvalue weighted by Gasteiger charge is 2.25. The van der Waals surface area contributed by atoms with Gasteiger partial charge in [0.05, 0.1) is 10.9 Å². The second kappa shape index (κ2) is 9.56. The van der Waals surface area contributed by atoms with Crippen molar-refractivity contribution in [1.82, 2.24) is 0 Å². The van der Waals surface area contributed by atoms with E-state index in [0.29, 0.717) is 38.1 Å². The van der Waals surface area contributed by atoms with Crippen molar-refractivity contribution in [3.63, 3.8) is 0 Å². The molecule has 0 bridgehead atoms. The van der Waals surface area contributed by atoms with Crippen LogP contribution in [0.3, 0.4) is 0 Å². The molecule has 0 fully saturated rings. The first-order chi connectivity index (χ1) is 16.9. The minimum atomic E-state index is -0.542. The highest BCUT2D eigenvalue weighted by molar-refractivity contribution is 7.17. The monoisotopic (exact) mass is 508 g/mol. The first-order valence-corrected chi connectivity index (χ1v) is 12.3. The topological polar surface area (TPSA) is 112 Å². The summed E-state index contributed by atoms with van der Waals surface area (Å²) < 4.78 is 11.5. The molecule has 35 heavy (non-hydrogen) atoms. The largest absolute Gasteiger partial charge is 0.484 e. The van der Waals surface area contributed by atoms with Gasteiger partial charge in [-0.1, -0.05) is 11.6 Å². The number of ether oxygens (including phenoxy) is 1. The van der Waals surface area contributed by atoms with Crippen LogP contribution < -0.4 is 21.2 Å². The number of anilines is 1. The zero-order valence-corrected chi connectivity index (χ0v) is 20.1. The van der Waals surface area contributed by atoms with E-state index in [1.54, 1.807) is 42.5 Å². The normalized spacial score (nSPS) is 12.8. The lowest BCUT2D eigenvalue weighted by Crippen LogP contribution is -2.22. The number of rotatable bonds is 6. The van der Waals surface area contributed by atoms with Gasteiger partial charge in [-0.2, -0.15) is 0 Å². The summed E-state index contributed by atoms with van der Waals surface area (Å²) in [6.07, 6.45) is 3.72. The molecule has 0 saturated heterocycles. The first-order valence-electron chi connectivity index (χ1n) is 11.1. The van der Waals surface area contributed by atoms with Gasteiger partial charge >= 0.3 is 0 Å². The number of hydrogen-bond donors (Lipinski definition) is 2. The second-order valence-corrected chi connectivity index (χ2v) is 9.80. The van der Waals surface area contributed by atoms with Gasteiger partial charge in [-0.25, -0.2) is 0 Å². The Balaban J connectivity index is 1.31. The summed E-state index contributed by atoms with van der Waals surface area (Å²) in [5.41, 5.74) is 7.83. The average molecular weight is 509 g/mol. The number of amides is 2. The van der Waals surface area contributed by atoms with Crippen LogP contribution >= 0.6 is 22.9 Å². The van der Waals surface area contributed by atoms with Crippen molar-refractivity contribution in [3.8, 4) is 17.1 Å². The molecule has 2 aromatic heterocycles. The number of benzene rings is 2. The summed E-state index contributed by atoms with van der Waals surface area (Å²) in [4.78, 5) is 38.4. The zero-order chi connectivity index (χ0) is 24.5. The van der Waals surface area contributed by atoms with Gasteiger partial charge in [0.15, 0.2) is 12.0 Å². The molecule has 5 rings (SSSR count).